The van der Waals surface area contributed by atoms with E-state index in [0.29, 0.717) is 5.95 Å². The second-order valence-electron chi connectivity index (χ2n) is 2.59. The molecule has 0 aliphatic rings. The molecule has 0 saturated heterocycles. The molecule has 0 unspecified atom stereocenters. The number of hydrogen-bond donors (Lipinski definition) is 2. The Kier molecular flexibility index (Phi) is 2.03. The first-order valence-electron chi connectivity index (χ1n) is 3.84. The van der Waals surface area contributed by atoms with E-state index in [-0.39, 0.29) is 5.95 Å². The Hall–Kier alpha value is -2.09. The number of rotatable bonds is 2. The molecular weight excluding hydrogens is 184 g/mol. The van der Waals surface area contributed by atoms with Crippen molar-refractivity contribution in [2.75, 3.05) is 5.43 Å². The molecule has 8 heteroatoms. The summed E-state index contributed by atoms with van der Waals surface area (Å²) in [6.07, 6.45) is 3.36. The average molecular weight is 192 g/mol. The third-order valence-corrected chi connectivity index (χ3v) is 1.54. The molecule has 8 nitrogen and oxygen atoms in total. The van der Waals surface area contributed by atoms with Crippen LogP contribution in [0.3, 0.4) is 0 Å². The summed E-state index contributed by atoms with van der Waals surface area (Å²) in [5.74, 6) is 5.59. The van der Waals surface area contributed by atoms with Crippen molar-refractivity contribution in [3.05, 3.63) is 18.2 Å². The van der Waals surface area contributed by atoms with Gasteiger partial charge in [0.05, 0.1) is 5.69 Å². The van der Waals surface area contributed by atoms with E-state index < -0.39 is 0 Å². The molecule has 0 aliphatic carbocycles. The van der Waals surface area contributed by atoms with Crippen molar-refractivity contribution in [3.63, 3.8) is 0 Å². The van der Waals surface area contributed by atoms with Gasteiger partial charge < -0.3 is 0 Å². The maximum Gasteiger partial charge on any atom is 0.276 e. The molecule has 3 N–H and O–H groups in total. The van der Waals surface area contributed by atoms with E-state index in [9.17, 15) is 0 Å². The maximum atomic E-state index is 5.07. The van der Waals surface area contributed by atoms with Gasteiger partial charge in [-0.1, -0.05) is 0 Å². The van der Waals surface area contributed by atoms with Gasteiger partial charge in [0.25, 0.3) is 11.9 Å². The molecule has 0 radical (unpaired) electrons. The second-order valence-corrected chi connectivity index (χ2v) is 2.59. The van der Waals surface area contributed by atoms with E-state index in [1.54, 1.807) is 17.1 Å². The van der Waals surface area contributed by atoms with Crippen LogP contribution in [-0.4, -0.2) is 29.9 Å². The topological polar surface area (TPSA) is 107 Å². The lowest BCUT2D eigenvalue weighted by Gasteiger charge is -1.97. The summed E-state index contributed by atoms with van der Waals surface area (Å²) in [6, 6.07) is 0. The Bertz CT molecular complexity index is 418. The first kappa shape index (κ1) is 8.51. The Morgan fingerprint density at radius 2 is 2.00 bits per heavy atom. The van der Waals surface area contributed by atoms with Gasteiger partial charge in [0, 0.05) is 6.20 Å². The minimum atomic E-state index is 0.172. The summed E-state index contributed by atoms with van der Waals surface area (Å²) < 4.78 is 1.62. The fourth-order valence-corrected chi connectivity index (χ4v) is 0.916. The summed E-state index contributed by atoms with van der Waals surface area (Å²) in [4.78, 5) is 4.02. The van der Waals surface area contributed by atoms with E-state index in [1.807, 2.05) is 6.92 Å². The van der Waals surface area contributed by atoms with Crippen LogP contribution in [0.15, 0.2) is 12.5 Å². The van der Waals surface area contributed by atoms with Gasteiger partial charge >= 0.3 is 0 Å². The van der Waals surface area contributed by atoms with Crippen molar-refractivity contribution in [1.82, 2.24) is 29.9 Å². The van der Waals surface area contributed by atoms with Crippen LogP contribution in [0.5, 0.6) is 0 Å². The van der Waals surface area contributed by atoms with Gasteiger partial charge in [0.2, 0.25) is 0 Å². The third-order valence-electron chi connectivity index (χ3n) is 1.54. The number of nitrogens with two attached hydrogens (primary N) is 1. The normalized spacial score (nSPS) is 10.1. The van der Waals surface area contributed by atoms with E-state index in [1.165, 1.54) is 0 Å². The number of aromatic nitrogens is 6. The Labute approximate surface area is 79.2 Å². The minimum Gasteiger partial charge on any atom is -0.290 e. The van der Waals surface area contributed by atoms with Crippen LogP contribution in [0.1, 0.15) is 5.69 Å². The summed E-state index contributed by atoms with van der Waals surface area (Å²) in [6.45, 7) is 1.87. The van der Waals surface area contributed by atoms with Crippen LogP contribution in [0.25, 0.3) is 5.95 Å². The molecule has 0 saturated carbocycles. The molecule has 2 rings (SSSR count). The highest BCUT2D eigenvalue weighted by Gasteiger charge is 2.02. The van der Waals surface area contributed by atoms with Crippen molar-refractivity contribution in [2.24, 2.45) is 5.84 Å². The zero-order valence-electron chi connectivity index (χ0n) is 7.42. The van der Waals surface area contributed by atoms with Crippen LogP contribution in [0.2, 0.25) is 0 Å². The molecule has 14 heavy (non-hydrogen) atoms. The Morgan fingerprint density at radius 1 is 1.29 bits per heavy atom. The highest BCUT2D eigenvalue weighted by atomic mass is 15.4. The second kappa shape index (κ2) is 3.34. The van der Waals surface area contributed by atoms with Crippen molar-refractivity contribution in [2.45, 2.75) is 6.92 Å². The largest absolute Gasteiger partial charge is 0.290 e. The molecule has 2 heterocycles. The van der Waals surface area contributed by atoms with E-state index in [0.717, 1.165) is 5.69 Å². The standard InChI is InChI=1S/C6H8N8/c1-4-2-14(3-8-4)6-12-10-5(9-7)11-13-6/h2-3H,7H2,1H3,(H,9,10,11). The zero-order valence-corrected chi connectivity index (χ0v) is 7.42. The number of anilines is 1. The van der Waals surface area contributed by atoms with E-state index >= 15 is 0 Å². The molecule has 0 fully saturated rings. The number of aryl methyl sites for hydroxylation is 1. The molecule has 0 spiro atoms. The number of hydrogen-bond acceptors (Lipinski definition) is 7. The highest BCUT2D eigenvalue weighted by molar-refractivity contribution is 5.18. The molecule has 2 aromatic rings. The zero-order chi connectivity index (χ0) is 9.97. The summed E-state index contributed by atoms with van der Waals surface area (Å²) in [5.41, 5.74) is 3.11. The summed E-state index contributed by atoms with van der Waals surface area (Å²) in [7, 11) is 0. The van der Waals surface area contributed by atoms with Crippen LogP contribution >= 0.6 is 0 Å². The molecule has 2 aromatic heterocycles. The lowest BCUT2D eigenvalue weighted by Crippen LogP contribution is -2.13. The monoisotopic (exact) mass is 192 g/mol. The van der Waals surface area contributed by atoms with E-state index in [4.69, 9.17) is 5.84 Å². The summed E-state index contributed by atoms with van der Waals surface area (Å²) in [5, 5.41) is 14.9. The number of nitrogens with zero attached hydrogens (tertiary/aromatic N) is 6. The number of hydrazine groups is 1. The fraction of sp³-hybridized carbons (Fsp3) is 0.167. The highest BCUT2D eigenvalue weighted by Crippen LogP contribution is 2.00. The van der Waals surface area contributed by atoms with Crippen LogP contribution < -0.4 is 11.3 Å². The molecule has 0 atom stereocenters. The first-order chi connectivity index (χ1) is 6.79. The predicted octanol–water partition coefficient (Wildman–Crippen LogP) is -0.954. The van der Waals surface area contributed by atoms with E-state index in [2.05, 4.69) is 30.8 Å². The number of nitrogen functional groups attached to an aromatic ring is 1. The Balaban J connectivity index is 2.33. The average Bonchev–Trinajstić information content (AvgIpc) is 2.65. The number of imidazole rings is 1. The number of nitrogens with one attached hydrogen (secondary N) is 1. The van der Waals surface area contributed by atoms with Gasteiger partial charge in [0.1, 0.15) is 6.33 Å². The molecule has 0 aliphatic heterocycles. The van der Waals surface area contributed by atoms with Crippen molar-refractivity contribution in [1.29, 1.82) is 0 Å². The fourth-order valence-electron chi connectivity index (χ4n) is 0.916. The maximum absolute atomic E-state index is 5.07. The van der Waals surface area contributed by atoms with Crippen LogP contribution in [-0.2, 0) is 0 Å². The lowest BCUT2D eigenvalue weighted by molar-refractivity contribution is 0.783. The van der Waals surface area contributed by atoms with Crippen LogP contribution in [0, 0.1) is 6.92 Å². The van der Waals surface area contributed by atoms with Gasteiger partial charge in [-0.25, -0.2) is 10.8 Å². The molecule has 0 aromatic carbocycles. The predicted molar refractivity (Wildman–Crippen MR) is 47.3 cm³/mol. The third kappa shape index (κ3) is 1.50. The van der Waals surface area contributed by atoms with Gasteiger partial charge in [-0.3, -0.25) is 9.99 Å². The van der Waals surface area contributed by atoms with Gasteiger partial charge in [-0.05, 0) is 6.92 Å². The van der Waals surface area contributed by atoms with Gasteiger partial charge in [-0.2, -0.15) is 0 Å². The Morgan fingerprint density at radius 3 is 2.50 bits per heavy atom. The van der Waals surface area contributed by atoms with Crippen molar-refractivity contribution < 1.29 is 0 Å². The summed E-state index contributed by atoms with van der Waals surface area (Å²) >= 11 is 0. The SMILES string of the molecule is Cc1cn(-c2nnc(NN)nn2)cn1. The molecule has 0 amide bonds. The minimum absolute atomic E-state index is 0.172. The quantitative estimate of drug-likeness (QED) is 0.466. The smallest absolute Gasteiger partial charge is 0.276 e. The van der Waals surface area contributed by atoms with Crippen molar-refractivity contribution >= 4 is 5.95 Å². The molecule has 0 bridgehead atoms. The molecular formula is C6H8N8. The van der Waals surface area contributed by atoms with Gasteiger partial charge in [0.15, 0.2) is 0 Å². The first-order valence-corrected chi connectivity index (χ1v) is 3.84. The van der Waals surface area contributed by atoms with Crippen LogP contribution in [0.4, 0.5) is 5.95 Å². The van der Waals surface area contributed by atoms with Gasteiger partial charge in [-0.15, -0.1) is 20.4 Å². The lowest BCUT2D eigenvalue weighted by atomic mass is 10.6. The molecule has 72 valence electrons. The van der Waals surface area contributed by atoms with Crippen molar-refractivity contribution in [3.8, 4) is 5.95 Å².